The number of carboxylic acid groups (broad SMARTS) is 2. The normalized spacial score (nSPS) is 14.2. The van der Waals surface area contributed by atoms with Gasteiger partial charge in [-0.2, -0.15) is 0 Å². The third kappa shape index (κ3) is 15.9. The van der Waals surface area contributed by atoms with Crippen LogP contribution in [0.15, 0.2) is 36.4 Å². The van der Waals surface area contributed by atoms with Crippen LogP contribution in [-0.4, -0.2) is 99.4 Å². The number of aliphatic carboxylic acids is 2. The minimum Gasteiger partial charge on any atom is -0.508 e. The first-order chi connectivity index (χ1) is 20.1. The highest BCUT2D eigenvalue weighted by Crippen LogP contribution is 2.23. The molecule has 14 heteroatoms. The molecule has 0 bridgehead atoms. The summed E-state index contributed by atoms with van der Waals surface area (Å²) in [6, 6.07) is 9.52. The summed E-state index contributed by atoms with van der Waals surface area (Å²) in [6.45, 7) is 12.5. The van der Waals surface area contributed by atoms with Crippen molar-refractivity contribution in [1.82, 2.24) is 10.6 Å². The summed E-state index contributed by atoms with van der Waals surface area (Å²) in [5, 5.41) is 95.7. The molecular formula is C30H48N2O12. The number of aromatic hydroxyl groups is 2. The van der Waals surface area contributed by atoms with Crippen LogP contribution in [0.25, 0.3) is 0 Å². The number of carbonyl (C=O) groups is 2. The predicted octanol–water partition coefficient (Wildman–Crippen LogP) is 0.489. The minimum absolute atomic E-state index is 0.0484. The van der Waals surface area contributed by atoms with Gasteiger partial charge in [0.25, 0.3) is 0 Å². The molecule has 0 saturated carbocycles. The number of nitrogens with one attached hydrogen (secondary N) is 2. The van der Waals surface area contributed by atoms with Gasteiger partial charge in [0.2, 0.25) is 0 Å². The van der Waals surface area contributed by atoms with Crippen LogP contribution in [0.1, 0.15) is 76.0 Å². The van der Waals surface area contributed by atoms with Gasteiger partial charge in [0.15, 0.2) is 12.2 Å². The van der Waals surface area contributed by atoms with Crippen LogP contribution in [0.2, 0.25) is 0 Å². The second-order valence-electron chi connectivity index (χ2n) is 12.0. The zero-order valence-corrected chi connectivity index (χ0v) is 25.9. The fourth-order valence-corrected chi connectivity index (χ4v) is 3.19. The lowest BCUT2D eigenvalue weighted by atomic mass is 10.0. The minimum atomic E-state index is -2.27. The Morgan fingerprint density at radius 1 is 0.636 bits per heavy atom. The Kier molecular flexibility index (Phi) is 17.1. The highest BCUT2D eigenvalue weighted by atomic mass is 16.4. The molecule has 2 rings (SSSR count). The van der Waals surface area contributed by atoms with E-state index in [0.717, 1.165) is 0 Å². The van der Waals surface area contributed by atoms with Gasteiger partial charge in [-0.15, -0.1) is 0 Å². The maximum Gasteiger partial charge on any atom is 0.335 e. The van der Waals surface area contributed by atoms with Crippen LogP contribution in [0.5, 0.6) is 11.5 Å². The topological polar surface area (TPSA) is 260 Å². The van der Waals surface area contributed by atoms with E-state index in [0.29, 0.717) is 35.3 Å². The average Bonchev–Trinajstić information content (AvgIpc) is 2.94. The number of hydrogen-bond acceptors (Lipinski definition) is 12. The number of aliphatic hydroxyl groups is 6. The Labute approximate surface area is 256 Å². The van der Waals surface area contributed by atoms with Crippen molar-refractivity contribution < 1.29 is 60.7 Å². The molecule has 14 nitrogen and oxygen atoms in total. The predicted molar refractivity (Wildman–Crippen MR) is 161 cm³/mol. The molecule has 12 N–H and O–H groups in total. The first-order valence-corrected chi connectivity index (χ1v) is 13.7. The van der Waals surface area contributed by atoms with Crippen molar-refractivity contribution in [2.24, 2.45) is 0 Å². The molecule has 0 aliphatic heterocycles. The first kappa shape index (κ1) is 40.7. The first-order valence-electron chi connectivity index (χ1n) is 13.7. The molecule has 0 spiro atoms. The fourth-order valence-electron chi connectivity index (χ4n) is 3.19. The molecule has 0 amide bonds. The zero-order valence-electron chi connectivity index (χ0n) is 25.9. The maximum absolute atomic E-state index is 9.97. The summed E-state index contributed by atoms with van der Waals surface area (Å²) in [4.78, 5) is 19.5. The summed E-state index contributed by atoms with van der Waals surface area (Å²) >= 11 is 0. The van der Waals surface area contributed by atoms with E-state index >= 15 is 0 Å². The molecule has 2 aromatic rings. The summed E-state index contributed by atoms with van der Waals surface area (Å²) in [6.07, 6.45) is -5.84. The van der Waals surface area contributed by atoms with Crippen molar-refractivity contribution in [3.05, 3.63) is 58.7 Å². The number of β-amino-alcohol motifs (C(OH)–C–C–N with tert-alkyl or cyclic N) is 2. The summed E-state index contributed by atoms with van der Waals surface area (Å²) in [7, 11) is 0. The number of carboxylic acids is 2. The van der Waals surface area contributed by atoms with E-state index in [2.05, 4.69) is 10.6 Å². The SMILES string of the molecule is CC(C)(C)NC[C@H](O)c1ccc(O)c(CO)c1.CC(C)(C)NC[C@H](O)c1ccc(O)c(CO)c1.O=C(O)[C@H](O)[C@@H](O)C(=O)O. The molecule has 0 aliphatic rings. The molecule has 0 unspecified atom stereocenters. The van der Waals surface area contributed by atoms with E-state index in [1.54, 1.807) is 24.3 Å². The Bertz CT molecular complexity index is 1090. The molecule has 0 radical (unpaired) electrons. The zero-order chi connectivity index (χ0) is 34.4. The van der Waals surface area contributed by atoms with E-state index in [9.17, 15) is 30.0 Å². The van der Waals surface area contributed by atoms with Crippen LogP contribution >= 0.6 is 0 Å². The summed E-state index contributed by atoms with van der Waals surface area (Å²) in [5.74, 6) is -3.44. The van der Waals surface area contributed by atoms with Gasteiger partial charge < -0.3 is 61.7 Å². The third-order valence-electron chi connectivity index (χ3n) is 5.77. The van der Waals surface area contributed by atoms with Crippen LogP contribution in [0.4, 0.5) is 0 Å². The average molecular weight is 629 g/mol. The van der Waals surface area contributed by atoms with Gasteiger partial charge in [-0.3, -0.25) is 0 Å². The summed E-state index contributed by atoms with van der Waals surface area (Å²) < 4.78 is 0. The molecule has 4 atom stereocenters. The molecular weight excluding hydrogens is 580 g/mol. The number of aliphatic hydroxyl groups excluding tert-OH is 6. The molecule has 0 aliphatic carbocycles. The van der Waals surface area contributed by atoms with Crippen molar-refractivity contribution in [3.63, 3.8) is 0 Å². The molecule has 0 saturated heterocycles. The lowest BCUT2D eigenvalue weighted by Gasteiger charge is -2.23. The molecule has 0 aromatic heterocycles. The van der Waals surface area contributed by atoms with Crippen LogP contribution < -0.4 is 10.6 Å². The monoisotopic (exact) mass is 628 g/mol. The Balaban J connectivity index is 0.000000655. The highest BCUT2D eigenvalue weighted by molar-refractivity contribution is 5.83. The van der Waals surface area contributed by atoms with Gasteiger partial charge in [-0.05, 0) is 76.9 Å². The quantitative estimate of drug-likeness (QED) is 0.162. The van der Waals surface area contributed by atoms with Crippen molar-refractivity contribution in [1.29, 1.82) is 0 Å². The third-order valence-corrected chi connectivity index (χ3v) is 5.77. The Morgan fingerprint density at radius 3 is 1.16 bits per heavy atom. The van der Waals surface area contributed by atoms with Crippen molar-refractivity contribution in [2.45, 2.75) is 90.2 Å². The number of benzene rings is 2. The molecule has 44 heavy (non-hydrogen) atoms. The highest BCUT2D eigenvalue weighted by Gasteiger charge is 2.29. The summed E-state index contributed by atoms with van der Waals surface area (Å²) in [5.41, 5.74) is 2.11. The van der Waals surface area contributed by atoms with Crippen molar-refractivity contribution in [2.75, 3.05) is 13.1 Å². The van der Waals surface area contributed by atoms with Gasteiger partial charge in [-0.25, -0.2) is 9.59 Å². The van der Waals surface area contributed by atoms with Crippen LogP contribution in [-0.2, 0) is 22.8 Å². The van der Waals surface area contributed by atoms with E-state index in [-0.39, 0.29) is 35.8 Å². The molecule has 250 valence electrons. The van der Waals surface area contributed by atoms with Gasteiger partial charge in [0.1, 0.15) is 11.5 Å². The fraction of sp³-hybridized carbons (Fsp3) is 0.533. The smallest absolute Gasteiger partial charge is 0.335 e. The lowest BCUT2D eigenvalue weighted by Crippen LogP contribution is -2.39. The number of rotatable bonds is 11. The van der Waals surface area contributed by atoms with Crippen molar-refractivity contribution in [3.8, 4) is 11.5 Å². The van der Waals surface area contributed by atoms with E-state index in [1.807, 2.05) is 41.5 Å². The Hall–Kier alpha value is -3.34. The van der Waals surface area contributed by atoms with Gasteiger partial charge in [-0.1, -0.05) is 12.1 Å². The molecule has 0 heterocycles. The number of phenols is 2. The largest absolute Gasteiger partial charge is 0.508 e. The second-order valence-corrected chi connectivity index (χ2v) is 12.0. The van der Waals surface area contributed by atoms with Crippen LogP contribution in [0, 0.1) is 0 Å². The Morgan fingerprint density at radius 2 is 0.932 bits per heavy atom. The van der Waals surface area contributed by atoms with Crippen LogP contribution in [0.3, 0.4) is 0 Å². The molecule has 0 fully saturated rings. The maximum atomic E-state index is 9.97. The van der Waals surface area contributed by atoms with E-state index in [4.69, 9.17) is 30.6 Å². The van der Waals surface area contributed by atoms with Gasteiger partial charge >= 0.3 is 11.9 Å². The van der Waals surface area contributed by atoms with E-state index < -0.39 is 36.4 Å². The number of hydrogen-bond donors (Lipinski definition) is 12. The van der Waals surface area contributed by atoms with Gasteiger partial charge in [0, 0.05) is 35.3 Å². The lowest BCUT2D eigenvalue weighted by molar-refractivity contribution is -0.165. The van der Waals surface area contributed by atoms with Gasteiger partial charge in [0.05, 0.1) is 25.4 Å². The van der Waals surface area contributed by atoms with Crippen molar-refractivity contribution >= 4 is 11.9 Å². The molecule has 2 aromatic carbocycles. The second kappa shape index (κ2) is 18.5. The van der Waals surface area contributed by atoms with E-state index in [1.165, 1.54) is 12.1 Å². The standard InChI is InChI=1S/2C13H21NO3.C4H6O6/c2*1-13(2,3)14-7-12(17)9-4-5-11(16)10(6-9)8-15;5-1(3(7)8)2(6)4(9)10/h2*4-6,12,14-17H,7-8H2,1-3H3;1-2,5-6H,(H,7,8)(H,9,10)/t2*12-;1-,2-/m001/s1.